The lowest BCUT2D eigenvalue weighted by molar-refractivity contribution is -0.124. The highest BCUT2D eigenvalue weighted by Gasteiger charge is 2.43. The fourth-order valence-electron chi connectivity index (χ4n) is 3.92. The maximum absolute atomic E-state index is 13.4. The van der Waals surface area contributed by atoms with E-state index in [9.17, 15) is 18.0 Å². The Hall–Kier alpha value is -3.31. The Morgan fingerprint density at radius 1 is 1.00 bits per heavy atom. The van der Waals surface area contributed by atoms with Gasteiger partial charge >= 0.3 is 0 Å². The van der Waals surface area contributed by atoms with Gasteiger partial charge in [-0.05, 0) is 72.7 Å². The Morgan fingerprint density at radius 2 is 1.64 bits per heavy atom. The second-order valence-corrected chi connectivity index (χ2v) is 10.6. The van der Waals surface area contributed by atoms with Crippen molar-refractivity contribution in [2.75, 3.05) is 16.8 Å². The van der Waals surface area contributed by atoms with Crippen LogP contribution in [0.2, 0.25) is 5.02 Å². The smallest absolute Gasteiger partial charge is 0.256 e. The predicted octanol–water partition coefficient (Wildman–Crippen LogP) is 3.56. The van der Waals surface area contributed by atoms with Crippen molar-refractivity contribution >= 4 is 62.1 Å². The van der Waals surface area contributed by atoms with Gasteiger partial charge in [0.15, 0.2) is 5.11 Å². The minimum atomic E-state index is -3.79. The molecule has 3 aromatic rings. The number of anilines is 2. The quantitative estimate of drug-likeness (QED) is 0.421. The molecule has 11 heteroatoms. The van der Waals surface area contributed by atoms with Crippen LogP contribution in [0.25, 0.3) is 0 Å². The number of hydrogen-bond donors (Lipinski definition) is 2. The molecule has 1 heterocycles. The molecular weight excluding hydrogens is 520 g/mol. The number of carbonyl (C=O) groups is 2. The summed E-state index contributed by atoms with van der Waals surface area (Å²) in [6, 6.07) is 21.1. The number of rotatable bonds is 8. The van der Waals surface area contributed by atoms with Gasteiger partial charge in [0.1, 0.15) is 6.04 Å². The molecule has 0 unspecified atom stereocenters. The summed E-state index contributed by atoms with van der Waals surface area (Å²) in [6.45, 7) is 0.349. The molecule has 3 aromatic carbocycles. The summed E-state index contributed by atoms with van der Waals surface area (Å²) in [5.41, 5.74) is 2.02. The number of sulfonamides is 1. The third-order valence-electron chi connectivity index (χ3n) is 5.73. The third-order valence-corrected chi connectivity index (χ3v) is 7.33. The maximum atomic E-state index is 13.4. The average molecular weight is 543 g/mol. The van der Waals surface area contributed by atoms with Crippen LogP contribution >= 0.6 is 23.8 Å². The number of hydrogen-bond acceptors (Lipinski definition) is 5. The molecule has 1 saturated heterocycles. The molecule has 2 amide bonds. The first-order valence-electron chi connectivity index (χ1n) is 11.0. The van der Waals surface area contributed by atoms with E-state index in [0.717, 1.165) is 5.56 Å². The maximum Gasteiger partial charge on any atom is 0.256 e. The number of benzene rings is 3. The Morgan fingerprint density at radius 3 is 2.25 bits per heavy atom. The van der Waals surface area contributed by atoms with Gasteiger partial charge in [0.2, 0.25) is 15.9 Å². The summed E-state index contributed by atoms with van der Waals surface area (Å²) in [4.78, 5) is 29.5. The highest BCUT2D eigenvalue weighted by molar-refractivity contribution is 7.89. The van der Waals surface area contributed by atoms with Gasteiger partial charge in [-0.2, -0.15) is 0 Å². The molecule has 0 saturated carbocycles. The van der Waals surface area contributed by atoms with E-state index in [1.54, 1.807) is 53.4 Å². The fraction of sp³-hybridized carbons (Fsp3) is 0.160. The van der Waals surface area contributed by atoms with Gasteiger partial charge in [-0.15, -0.1) is 0 Å². The summed E-state index contributed by atoms with van der Waals surface area (Å²) in [7, 11) is -3.79. The first kappa shape index (κ1) is 25.8. The minimum Gasteiger partial charge on any atom is -0.336 e. The molecule has 0 aliphatic carbocycles. The lowest BCUT2D eigenvalue weighted by atomic mass is 10.1. The molecule has 1 aliphatic rings. The van der Waals surface area contributed by atoms with Crippen molar-refractivity contribution < 1.29 is 18.0 Å². The zero-order chi connectivity index (χ0) is 25.9. The van der Waals surface area contributed by atoms with Crippen LogP contribution in [0.3, 0.4) is 0 Å². The Labute approximate surface area is 219 Å². The van der Waals surface area contributed by atoms with Gasteiger partial charge in [0, 0.05) is 17.3 Å². The second-order valence-electron chi connectivity index (χ2n) is 8.20. The normalized spacial score (nSPS) is 15.9. The number of nitrogens with two attached hydrogens (primary N) is 1. The van der Waals surface area contributed by atoms with Crippen LogP contribution in [0.4, 0.5) is 11.4 Å². The Kier molecular flexibility index (Phi) is 7.70. The molecule has 186 valence electrons. The molecule has 0 spiro atoms. The summed E-state index contributed by atoms with van der Waals surface area (Å²) in [6.07, 6.45) is 0.367. The number of carbonyl (C=O) groups excluding carboxylic acids is 2. The van der Waals surface area contributed by atoms with E-state index in [1.165, 1.54) is 17.0 Å². The van der Waals surface area contributed by atoms with E-state index >= 15 is 0 Å². The lowest BCUT2D eigenvalue weighted by Crippen LogP contribution is -2.39. The van der Waals surface area contributed by atoms with Crippen LogP contribution in [0.1, 0.15) is 12.0 Å². The number of thiocarbonyl (C=S) groups is 1. The minimum absolute atomic E-state index is 0.0186. The van der Waals surface area contributed by atoms with Crippen molar-refractivity contribution in [1.29, 1.82) is 0 Å². The van der Waals surface area contributed by atoms with Crippen molar-refractivity contribution in [2.45, 2.75) is 23.8 Å². The van der Waals surface area contributed by atoms with Crippen molar-refractivity contribution in [3.05, 3.63) is 89.4 Å². The lowest BCUT2D eigenvalue weighted by Gasteiger charge is -2.24. The monoisotopic (exact) mass is 542 g/mol. The van der Waals surface area contributed by atoms with E-state index in [1.807, 2.05) is 18.2 Å². The Balaban J connectivity index is 1.53. The molecule has 4 rings (SSSR count). The van der Waals surface area contributed by atoms with Crippen LogP contribution in [-0.4, -0.2) is 42.8 Å². The van der Waals surface area contributed by atoms with Crippen LogP contribution < -0.4 is 15.4 Å². The van der Waals surface area contributed by atoms with E-state index < -0.39 is 16.1 Å². The Bertz CT molecular complexity index is 1380. The fourth-order valence-corrected chi connectivity index (χ4v) is 4.97. The van der Waals surface area contributed by atoms with E-state index in [0.29, 0.717) is 34.5 Å². The molecular formula is C25H23ClN4O4S2. The first-order chi connectivity index (χ1) is 17.1. The number of halogens is 1. The largest absolute Gasteiger partial charge is 0.336 e. The number of nitrogens with one attached hydrogen (secondary N) is 1. The van der Waals surface area contributed by atoms with Crippen molar-refractivity contribution in [2.24, 2.45) is 5.14 Å². The van der Waals surface area contributed by atoms with Crippen molar-refractivity contribution in [3.8, 4) is 0 Å². The van der Waals surface area contributed by atoms with Gasteiger partial charge in [0.05, 0.1) is 17.0 Å². The third kappa shape index (κ3) is 5.90. The van der Waals surface area contributed by atoms with Gasteiger partial charge in [-0.1, -0.05) is 41.9 Å². The second kappa shape index (κ2) is 10.8. The SMILES string of the molecule is NS(=O)(=O)c1ccc(CCN2C(=S)N(c3ccccc3)C(=O)[C@@H]2CC(=O)Nc2ccc(Cl)cc2)cc1. The molecule has 0 aromatic heterocycles. The van der Waals surface area contributed by atoms with E-state index in [-0.39, 0.29) is 23.1 Å². The molecule has 8 nitrogen and oxygen atoms in total. The molecule has 3 N–H and O–H groups in total. The molecule has 36 heavy (non-hydrogen) atoms. The zero-order valence-electron chi connectivity index (χ0n) is 19.0. The number of primary sulfonamides is 1. The van der Waals surface area contributed by atoms with Crippen LogP contribution in [0.5, 0.6) is 0 Å². The van der Waals surface area contributed by atoms with Crippen molar-refractivity contribution in [3.63, 3.8) is 0 Å². The number of amides is 2. The summed E-state index contributed by atoms with van der Waals surface area (Å²) < 4.78 is 23.0. The summed E-state index contributed by atoms with van der Waals surface area (Å²) in [5.74, 6) is -0.627. The van der Waals surface area contributed by atoms with E-state index in [2.05, 4.69) is 5.32 Å². The van der Waals surface area contributed by atoms with Crippen LogP contribution in [0.15, 0.2) is 83.8 Å². The molecule has 1 aliphatic heterocycles. The first-order valence-corrected chi connectivity index (χ1v) is 13.3. The molecule has 0 radical (unpaired) electrons. The van der Waals surface area contributed by atoms with Crippen molar-refractivity contribution in [1.82, 2.24) is 4.90 Å². The molecule has 0 bridgehead atoms. The molecule has 1 fully saturated rings. The highest BCUT2D eigenvalue weighted by Crippen LogP contribution is 2.28. The standard InChI is InChI=1S/C25H23ClN4O4S2/c26-18-8-10-19(11-9-18)28-23(31)16-22-24(32)30(20-4-2-1-3-5-20)25(35)29(22)15-14-17-6-12-21(13-7-17)36(27,33)34/h1-13,22H,14-16H2,(H,28,31)(H2,27,33,34)/t22-/m0/s1. The topological polar surface area (TPSA) is 113 Å². The van der Waals surface area contributed by atoms with Gasteiger partial charge < -0.3 is 10.2 Å². The van der Waals surface area contributed by atoms with Crippen LogP contribution in [0, 0.1) is 0 Å². The van der Waals surface area contributed by atoms with E-state index in [4.69, 9.17) is 29.0 Å². The summed E-state index contributed by atoms with van der Waals surface area (Å²) in [5, 5.41) is 8.81. The number of para-hydroxylation sites is 1. The predicted molar refractivity (Wildman–Crippen MR) is 143 cm³/mol. The zero-order valence-corrected chi connectivity index (χ0v) is 21.4. The number of nitrogens with zero attached hydrogens (tertiary/aromatic N) is 2. The highest BCUT2D eigenvalue weighted by atomic mass is 35.5. The van der Waals surface area contributed by atoms with Gasteiger partial charge in [-0.3, -0.25) is 14.5 Å². The summed E-state index contributed by atoms with van der Waals surface area (Å²) >= 11 is 11.6. The average Bonchev–Trinajstić information content (AvgIpc) is 3.08. The van der Waals surface area contributed by atoms with Gasteiger partial charge in [-0.25, -0.2) is 13.6 Å². The van der Waals surface area contributed by atoms with Crippen LogP contribution in [-0.2, 0) is 26.0 Å². The van der Waals surface area contributed by atoms with Gasteiger partial charge in [0.25, 0.3) is 5.91 Å². The molecule has 1 atom stereocenters.